The molecule has 0 saturated carbocycles. The highest BCUT2D eigenvalue weighted by Crippen LogP contribution is 2.18. The average molecular weight is 394 g/mol. The van der Waals surface area contributed by atoms with Crippen LogP contribution in [0.2, 0.25) is 0 Å². The summed E-state index contributed by atoms with van der Waals surface area (Å²) < 4.78 is 1.60. The SMILES string of the molecule is CNC(=O)c1ccc(/C=C/C(=O)Nc2cccc(-n3nnnc3SC)c2)cc1. The van der Waals surface area contributed by atoms with Gasteiger partial charge >= 0.3 is 0 Å². The van der Waals surface area contributed by atoms with E-state index in [9.17, 15) is 9.59 Å². The molecule has 1 aromatic heterocycles. The van der Waals surface area contributed by atoms with Crippen molar-refractivity contribution in [1.82, 2.24) is 25.5 Å². The van der Waals surface area contributed by atoms with Crippen molar-refractivity contribution in [2.24, 2.45) is 0 Å². The first-order valence-electron chi connectivity index (χ1n) is 8.34. The van der Waals surface area contributed by atoms with Gasteiger partial charge in [0.1, 0.15) is 0 Å². The number of anilines is 1. The number of hydrogen-bond acceptors (Lipinski definition) is 6. The Morgan fingerprint density at radius 2 is 1.93 bits per heavy atom. The fourth-order valence-electron chi connectivity index (χ4n) is 2.43. The summed E-state index contributed by atoms with van der Waals surface area (Å²) in [5, 5.41) is 17.6. The van der Waals surface area contributed by atoms with Crippen LogP contribution >= 0.6 is 11.8 Å². The van der Waals surface area contributed by atoms with E-state index < -0.39 is 0 Å². The lowest BCUT2D eigenvalue weighted by atomic mass is 10.1. The van der Waals surface area contributed by atoms with Gasteiger partial charge in [0.05, 0.1) is 5.69 Å². The Hall–Kier alpha value is -3.46. The third kappa shape index (κ3) is 4.63. The highest BCUT2D eigenvalue weighted by Gasteiger charge is 2.08. The van der Waals surface area contributed by atoms with E-state index in [4.69, 9.17) is 0 Å². The van der Waals surface area contributed by atoms with Crippen LogP contribution in [-0.2, 0) is 4.79 Å². The Labute approximate surface area is 166 Å². The number of tetrazole rings is 1. The van der Waals surface area contributed by atoms with Crippen molar-refractivity contribution in [2.75, 3.05) is 18.6 Å². The number of nitrogens with one attached hydrogen (secondary N) is 2. The first-order chi connectivity index (χ1) is 13.6. The summed E-state index contributed by atoms with van der Waals surface area (Å²) in [6.45, 7) is 0. The molecular formula is C19H18N6O2S. The van der Waals surface area contributed by atoms with Gasteiger partial charge in [0, 0.05) is 24.4 Å². The average Bonchev–Trinajstić information content (AvgIpc) is 3.21. The number of aromatic nitrogens is 4. The molecule has 28 heavy (non-hydrogen) atoms. The van der Waals surface area contributed by atoms with E-state index in [1.165, 1.54) is 17.8 Å². The molecule has 2 amide bonds. The number of carbonyl (C=O) groups is 2. The van der Waals surface area contributed by atoms with Crippen LogP contribution in [0.1, 0.15) is 15.9 Å². The summed E-state index contributed by atoms with van der Waals surface area (Å²) in [4.78, 5) is 23.8. The number of nitrogens with zero attached hydrogens (tertiary/aromatic N) is 4. The Balaban J connectivity index is 1.67. The third-order valence-corrected chi connectivity index (χ3v) is 4.43. The third-order valence-electron chi connectivity index (χ3n) is 3.81. The van der Waals surface area contributed by atoms with Crippen molar-refractivity contribution in [1.29, 1.82) is 0 Å². The molecule has 0 aliphatic rings. The zero-order chi connectivity index (χ0) is 19.9. The maximum Gasteiger partial charge on any atom is 0.251 e. The van der Waals surface area contributed by atoms with Gasteiger partial charge in [-0.05, 0) is 58.7 Å². The van der Waals surface area contributed by atoms with E-state index in [0.29, 0.717) is 16.4 Å². The Kier molecular flexibility index (Phi) is 6.18. The normalized spacial score (nSPS) is 10.8. The Morgan fingerprint density at radius 3 is 2.64 bits per heavy atom. The molecular weight excluding hydrogens is 376 g/mol. The van der Waals surface area contributed by atoms with Gasteiger partial charge in [-0.25, -0.2) is 0 Å². The molecule has 8 nitrogen and oxygen atoms in total. The number of benzene rings is 2. The standard InChI is InChI=1S/C19H18N6O2S/c1-20-18(27)14-9-6-13(7-10-14)8-11-17(26)21-15-4-3-5-16(12-15)25-19(28-2)22-23-24-25/h3-12H,1-2H3,(H,20,27)(H,21,26)/b11-8+. The molecule has 1 heterocycles. The topological polar surface area (TPSA) is 102 Å². The largest absolute Gasteiger partial charge is 0.355 e. The van der Waals surface area contributed by atoms with Gasteiger partial charge in [-0.2, -0.15) is 4.68 Å². The van der Waals surface area contributed by atoms with Crippen molar-refractivity contribution in [3.05, 3.63) is 65.7 Å². The zero-order valence-electron chi connectivity index (χ0n) is 15.3. The molecule has 142 valence electrons. The second-order valence-corrected chi connectivity index (χ2v) is 6.42. The van der Waals surface area contributed by atoms with Crippen molar-refractivity contribution in [3.8, 4) is 5.69 Å². The van der Waals surface area contributed by atoms with Crippen LogP contribution in [0, 0.1) is 0 Å². The van der Waals surface area contributed by atoms with Gasteiger partial charge in [-0.3, -0.25) is 9.59 Å². The van der Waals surface area contributed by atoms with E-state index in [0.717, 1.165) is 11.3 Å². The Bertz CT molecular complexity index is 1010. The van der Waals surface area contributed by atoms with Crippen LogP contribution in [0.5, 0.6) is 0 Å². The fraction of sp³-hybridized carbons (Fsp3) is 0.105. The molecule has 0 spiro atoms. The lowest BCUT2D eigenvalue weighted by Crippen LogP contribution is -2.17. The minimum absolute atomic E-state index is 0.152. The fourth-order valence-corrected chi connectivity index (χ4v) is 2.86. The molecule has 2 N–H and O–H groups in total. The Morgan fingerprint density at radius 1 is 1.14 bits per heavy atom. The zero-order valence-corrected chi connectivity index (χ0v) is 16.1. The summed E-state index contributed by atoms with van der Waals surface area (Å²) in [6.07, 6.45) is 5.01. The van der Waals surface area contributed by atoms with Gasteiger partial charge in [0.25, 0.3) is 5.91 Å². The molecule has 0 unspecified atom stereocenters. The predicted molar refractivity (Wildman–Crippen MR) is 108 cm³/mol. The molecule has 0 radical (unpaired) electrons. The van der Waals surface area contributed by atoms with Gasteiger partial charge in [0.2, 0.25) is 11.1 Å². The summed E-state index contributed by atoms with van der Waals surface area (Å²) in [5.74, 6) is -0.422. The van der Waals surface area contributed by atoms with Gasteiger partial charge < -0.3 is 10.6 Å². The van der Waals surface area contributed by atoms with E-state index in [1.54, 1.807) is 54.2 Å². The van der Waals surface area contributed by atoms with Crippen LogP contribution < -0.4 is 10.6 Å². The number of carbonyl (C=O) groups excluding carboxylic acids is 2. The van der Waals surface area contributed by atoms with Crippen LogP contribution in [0.25, 0.3) is 11.8 Å². The van der Waals surface area contributed by atoms with Gasteiger partial charge in [0.15, 0.2) is 0 Å². The summed E-state index contributed by atoms with van der Waals surface area (Å²) in [5.41, 5.74) is 2.76. The van der Waals surface area contributed by atoms with Crippen molar-refractivity contribution < 1.29 is 9.59 Å². The number of rotatable bonds is 6. The molecule has 0 aliphatic carbocycles. The van der Waals surface area contributed by atoms with E-state index >= 15 is 0 Å². The molecule has 9 heteroatoms. The minimum Gasteiger partial charge on any atom is -0.355 e. The highest BCUT2D eigenvalue weighted by atomic mass is 32.2. The summed E-state index contributed by atoms with van der Waals surface area (Å²) in [6, 6.07) is 14.2. The van der Waals surface area contributed by atoms with Gasteiger partial charge in [-0.1, -0.05) is 30.0 Å². The highest BCUT2D eigenvalue weighted by molar-refractivity contribution is 7.98. The molecule has 0 fully saturated rings. The van der Waals surface area contributed by atoms with Crippen LogP contribution in [-0.4, -0.2) is 45.3 Å². The molecule has 3 rings (SSSR count). The number of amides is 2. The second kappa shape index (κ2) is 8.96. The molecule has 0 atom stereocenters. The first-order valence-corrected chi connectivity index (χ1v) is 9.57. The summed E-state index contributed by atoms with van der Waals surface area (Å²) in [7, 11) is 1.58. The smallest absolute Gasteiger partial charge is 0.251 e. The van der Waals surface area contributed by atoms with Gasteiger partial charge in [-0.15, -0.1) is 5.10 Å². The molecule has 0 aliphatic heterocycles. The monoisotopic (exact) mass is 394 g/mol. The molecule has 0 saturated heterocycles. The van der Waals surface area contributed by atoms with E-state index in [1.807, 2.05) is 18.4 Å². The summed E-state index contributed by atoms with van der Waals surface area (Å²) >= 11 is 1.43. The number of thioether (sulfide) groups is 1. The maximum atomic E-state index is 12.2. The molecule has 3 aromatic rings. The van der Waals surface area contributed by atoms with Crippen LogP contribution in [0.3, 0.4) is 0 Å². The first kappa shape index (κ1) is 19.3. The molecule has 2 aromatic carbocycles. The minimum atomic E-state index is -0.269. The molecule has 0 bridgehead atoms. The quantitative estimate of drug-likeness (QED) is 0.492. The van der Waals surface area contributed by atoms with Crippen molar-refractivity contribution >= 4 is 35.3 Å². The lowest BCUT2D eigenvalue weighted by Gasteiger charge is -2.06. The second-order valence-electron chi connectivity index (χ2n) is 5.65. The lowest BCUT2D eigenvalue weighted by molar-refractivity contribution is -0.111. The maximum absolute atomic E-state index is 12.2. The van der Waals surface area contributed by atoms with E-state index in [-0.39, 0.29) is 11.8 Å². The van der Waals surface area contributed by atoms with Crippen molar-refractivity contribution in [2.45, 2.75) is 5.16 Å². The number of hydrogen-bond donors (Lipinski definition) is 2. The van der Waals surface area contributed by atoms with E-state index in [2.05, 4.69) is 26.2 Å². The van der Waals surface area contributed by atoms with Crippen LogP contribution in [0.15, 0.2) is 59.8 Å². The van der Waals surface area contributed by atoms with Crippen LogP contribution in [0.4, 0.5) is 5.69 Å². The van der Waals surface area contributed by atoms with Crippen molar-refractivity contribution in [3.63, 3.8) is 0 Å². The predicted octanol–water partition coefficient (Wildman–Crippen LogP) is 2.40.